The highest BCUT2D eigenvalue weighted by molar-refractivity contribution is 5.93. The normalized spacial score (nSPS) is 13.3. The first kappa shape index (κ1) is 32.3. The SMILES string of the molecule is CCOC(=O)C(CCCF)NC(=O)C(Cc1ccccc1)NC(=O)C(Cc1ccccc1)NC(=O)OC(C)(C)C. The second kappa shape index (κ2) is 16.2. The predicted octanol–water partition coefficient (Wildman–Crippen LogP) is 3.65. The van der Waals surface area contributed by atoms with Crippen LogP contribution < -0.4 is 16.0 Å². The summed E-state index contributed by atoms with van der Waals surface area (Å²) in [6, 6.07) is 14.9. The topological polar surface area (TPSA) is 123 Å². The van der Waals surface area contributed by atoms with Gasteiger partial charge >= 0.3 is 12.1 Å². The summed E-state index contributed by atoms with van der Waals surface area (Å²) in [6.07, 6.45) is -0.418. The summed E-state index contributed by atoms with van der Waals surface area (Å²) >= 11 is 0. The van der Waals surface area contributed by atoms with Crippen molar-refractivity contribution in [2.24, 2.45) is 0 Å². The zero-order valence-corrected chi connectivity index (χ0v) is 23.6. The molecule has 0 aliphatic heterocycles. The third-order valence-corrected chi connectivity index (χ3v) is 5.72. The summed E-state index contributed by atoms with van der Waals surface area (Å²) < 4.78 is 23.3. The van der Waals surface area contributed by atoms with Crippen LogP contribution in [0.3, 0.4) is 0 Å². The number of alkyl carbamates (subject to hydrolysis) is 1. The van der Waals surface area contributed by atoms with Crippen LogP contribution in [-0.4, -0.2) is 60.9 Å². The van der Waals surface area contributed by atoms with Crippen LogP contribution in [0.1, 0.15) is 51.7 Å². The van der Waals surface area contributed by atoms with Gasteiger partial charge in [0.2, 0.25) is 11.8 Å². The monoisotopic (exact) mass is 557 g/mol. The number of alkyl halides is 1. The Labute approximate surface area is 235 Å². The van der Waals surface area contributed by atoms with Gasteiger partial charge in [0.05, 0.1) is 13.3 Å². The molecule has 3 amide bonds. The quantitative estimate of drug-likeness (QED) is 0.305. The summed E-state index contributed by atoms with van der Waals surface area (Å²) in [5.74, 6) is -1.92. The van der Waals surface area contributed by atoms with E-state index in [1.807, 2.05) is 36.4 Å². The first-order chi connectivity index (χ1) is 19.0. The van der Waals surface area contributed by atoms with Crippen LogP contribution in [0.15, 0.2) is 60.7 Å². The number of carbonyl (C=O) groups excluding carboxylic acids is 4. The highest BCUT2D eigenvalue weighted by Gasteiger charge is 2.31. The van der Waals surface area contributed by atoms with E-state index in [2.05, 4.69) is 16.0 Å². The second-order valence-electron chi connectivity index (χ2n) is 10.3. The minimum atomic E-state index is -1.10. The molecule has 0 heterocycles. The van der Waals surface area contributed by atoms with Crippen molar-refractivity contribution in [3.05, 3.63) is 71.8 Å². The van der Waals surface area contributed by atoms with E-state index < -0.39 is 54.3 Å². The largest absolute Gasteiger partial charge is 0.464 e. The molecule has 40 heavy (non-hydrogen) atoms. The summed E-state index contributed by atoms with van der Waals surface area (Å²) in [5.41, 5.74) is 0.769. The average molecular weight is 558 g/mol. The minimum absolute atomic E-state index is 0.0455. The van der Waals surface area contributed by atoms with Crippen LogP contribution in [0.5, 0.6) is 0 Å². The zero-order valence-electron chi connectivity index (χ0n) is 23.6. The van der Waals surface area contributed by atoms with Crippen molar-refractivity contribution in [2.45, 2.75) is 77.1 Å². The number of nitrogens with one attached hydrogen (secondary N) is 3. The van der Waals surface area contributed by atoms with Crippen LogP contribution in [0.2, 0.25) is 0 Å². The Kier molecular flexibility index (Phi) is 13.1. The molecule has 0 aromatic heterocycles. The molecule has 9 nitrogen and oxygen atoms in total. The number of amides is 3. The number of hydrogen-bond donors (Lipinski definition) is 3. The van der Waals surface area contributed by atoms with Crippen molar-refractivity contribution >= 4 is 23.9 Å². The molecule has 2 rings (SSSR count). The molecule has 0 aliphatic rings. The van der Waals surface area contributed by atoms with Gasteiger partial charge in [-0.25, -0.2) is 9.59 Å². The number of halogens is 1. The molecule has 0 spiro atoms. The lowest BCUT2D eigenvalue weighted by molar-refractivity contribution is -0.148. The Bertz CT molecular complexity index is 1090. The molecule has 10 heteroatoms. The highest BCUT2D eigenvalue weighted by Crippen LogP contribution is 2.11. The Morgan fingerprint density at radius 3 is 1.70 bits per heavy atom. The molecule has 3 N–H and O–H groups in total. The van der Waals surface area contributed by atoms with Crippen molar-refractivity contribution in [3.63, 3.8) is 0 Å². The van der Waals surface area contributed by atoms with E-state index in [1.165, 1.54) is 0 Å². The van der Waals surface area contributed by atoms with E-state index in [9.17, 15) is 23.6 Å². The second-order valence-corrected chi connectivity index (χ2v) is 10.3. The standard InChI is InChI=1S/C30H40FN3O6/c1-5-39-28(37)23(17-12-18-31)32-26(35)24(19-21-13-8-6-9-14-21)33-27(36)25(20-22-15-10-7-11-16-22)34-29(38)40-30(2,3)4/h6-11,13-16,23-25H,5,12,17-20H2,1-4H3,(H,32,35)(H,33,36)(H,34,38). The van der Waals surface area contributed by atoms with Gasteiger partial charge < -0.3 is 25.4 Å². The molecule has 2 aromatic carbocycles. The fourth-order valence-corrected chi connectivity index (χ4v) is 3.89. The van der Waals surface area contributed by atoms with E-state index in [4.69, 9.17) is 9.47 Å². The number of rotatable bonds is 14. The van der Waals surface area contributed by atoms with E-state index >= 15 is 0 Å². The van der Waals surface area contributed by atoms with E-state index in [0.717, 1.165) is 11.1 Å². The molecule has 0 radical (unpaired) electrons. The van der Waals surface area contributed by atoms with Gasteiger partial charge in [0.1, 0.15) is 23.7 Å². The minimum Gasteiger partial charge on any atom is -0.464 e. The van der Waals surface area contributed by atoms with Crippen LogP contribution in [0, 0.1) is 0 Å². The fourth-order valence-electron chi connectivity index (χ4n) is 3.89. The van der Waals surface area contributed by atoms with Crippen molar-refractivity contribution in [1.82, 2.24) is 16.0 Å². The summed E-state index contributed by atoms with van der Waals surface area (Å²) in [4.78, 5) is 52.0. The van der Waals surface area contributed by atoms with Crippen LogP contribution in [0.4, 0.5) is 9.18 Å². The third kappa shape index (κ3) is 11.8. The Balaban J connectivity index is 2.30. The summed E-state index contributed by atoms with van der Waals surface area (Å²) in [5, 5.41) is 7.97. The number of benzene rings is 2. The van der Waals surface area contributed by atoms with E-state index in [-0.39, 0.29) is 32.3 Å². The van der Waals surface area contributed by atoms with Gasteiger partial charge in [-0.2, -0.15) is 0 Å². The number of carbonyl (C=O) groups is 4. The summed E-state index contributed by atoms with van der Waals surface area (Å²) in [7, 11) is 0. The van der Waals surface area contributed by atoms with Gasteiger partial charge in [0, 0.05) is 12.8 Å². The molecule has 2 aromatic rings. The number of hydrogen-bond acceptors (Lipinski definition) is 6. The van der Waals surface area contributed by atoms with Gasteiger partial charge in [0.15, 0.2) is 0 Å². The Hall–Kier alpha value is -3.95. The van der Waals surface area contributed by atoms with Gasteiger partial charge in [-0.15, -0.1) is 0 Å². The van der Waals surface area contributed by atoms with Crippen molar-refractivity contribution in [2.75, 3.05) is 13.3 Å². The molecule has 3 atom stereocenters. The lowest BCUT2D eigenvalue weighted by Crippen LogP contribution is -2.57. The number of esters is 1. The number of ether oxygens (including phenoxy) is 2. The molecule has 0 bridgehead atoms. The fraction of sp³-hybridized carbons (Fsp3) is 0.467. The van der Waals surface area contributed by atoms with Crippen molar-refractivity contribution < 1.29 is 33.0 Å². The van der Waals surface area contributed by atoms with Gasteiger partial charge in [0.25, 0.3) is 0 Å². The molecule has 3 unspecified atom stereocenters. The van der Waals surface area contributed by atoms with Crippen LogP contribution in [0.25, 0.3) is 0 Å². The van der Waals surface area contributed by atoms with Crippen molar-refractivity contribution in [3.8, 4) is 0 Å². The average Bonchev–Trinajstić information content (AvgIpc) is 2.90. The molecule has 218 valence electrons. The maximum atomic E-state index is 13.5. The zero-order chi connectivity index (χ0) is 29.5. The molecule has 0 fully saturated rings. The molecule has 0 aliphatic carbocycles. The van der Waals surface area contributed by atoms with Gasteiger partial charge in [-0.3, -0.25) is 14.0 Å². The molecule has 0 saturated heterocycles. The molecule has 0 saturated carbocycles. The first-order valence-electron chi connectivity index (χ1n) is 13.4. The van der Waals surface area contributed by atoms with Crippen LogP contribution >= 0.6 is 0 Å². The highest BCUT2D eigenvalue weighted by atomic mass is 19.1. The maximum absolute atomic E-state index is 13.5. The maximum Gasteiger partial charge on any atom is 0.408 e. The van der Waals surface area contributed by atoms with E-state index in [1.54, 1.807) is 52.0 Å². The van der Waals surface area contributed by atoms with Gasteiger partial charge in [-0.1, -0.05) is 60.7 Å². The van der Waals surface area contributed by atoms with Crippen molar-refractivity contribution in [1.29, 1.82) is 0 Å². The Morgan fingerprint density at radius 1 is 0.775 bits per heavy atom. The lowest BCUT2D eigenvalue weighted by Gasteiger charge is -2.26. The van der Waals surface area contributed by atoms with Gasteiger partial charge in [-0.05, 0) is 51.7 Å². The lowest BCUT2D eigenvalue weighted by atomic mass is 10.0. The van der Waals surface area contributed by atoms with Crippen LogP contribution in [-0.2, 0) is 36.7 Å². The third-order valence-electron chi connectivity index (χ3n) is 5.72. The Morgan fingerprint density at radius 2 is 1.25 bits per heavy atom. The first-order valence-corrected chi connectivity index (χ1v) is 13.4. The predicted molar refractivity (Wildman–Crippen MR) is 149 cm³/mol. The summed E-state index contributed by atoms with van der Waals surface area (Å²) in [6.45, 7) is 6.21. The molecular weight excluding hydrogens is 517 g/mol. The van der Waals surface area contributed by atoms with E-state index in [0.29, 0.717) is 0 Å². The molecular formula is C30H40FN3O6. The smallest absolute Gasteiger partial charge is 0.408 e.